The van der Waals surface area contributed by atoms with Crippen molar-refractivity contribution in [2.24, 2.45) is 0 Å². The third-order valence-electron chi connectivity index (χ3n) is 3.57. The van der Waals surface area contributed by atoms with Gasteiger partial charge in [0.05, 0.1) is 12.0 Å². The quantitative estimate of drug-likeness (QED) is 0.519. The van der Waals surface area contributed by atoms with E-state index in [9.17, 15) is 10.1 Å². The lowest BCUT2D eigenvalue weighted by molar-refractivity contribution is -0.384. The summed E-state index contributed by atoms with van der Waals surface area (Å²) < 4.78 is 11.0. The Hall–Kier alpha value is -3.08. The molecule has 0 fully saturated rings. The van der Waals surface area contributed by atoms with Gasteiger partial charge in [-0.3, -0.25) is 10.1 Å². The normalized spacial score (nSPS) is 10.5. The number of rotatable bonds is 5. The van der Waals surface area contributed by atoms with Gasteiger partial charge in [0, 0.05) is 12.1 Å². The minimum atomic E-state index is -0.415. The molecule has 0 aliphatic heterocycles. The Morgan fingerprint density at radius 1 is 0.913 bits per heavy atom. The lowest BCUT2D eigenvalue weighted by Gasteiger charge is -2.08. The van der Waals surface area contributed by atoms with E-state index in [4.69, 9.17) is 9.47 Å². The van der Waals surface area contributed by atoms with Gasteiger partial charge in [0.25, 0.3) is 5.69 Å². The van der Waals surface area contributed by atoms with E-state index in [1.54, 1.807) is 19.2 Å². The van der Waals surface area contributed by atoms with E-state index in [0.717, 1.165) is 27.8 Å². The molecule has 0 spiro atoms. The van der Waals surface area contributed by atoms with Crippen LogP contribution in [0.2, 0.25) is 0 Å². The van der Waals surface area contributed by atoms with Crippen LogP contribution in [0.25, 0.3) is 10.8 Å². The van der Waals surface area contributed by atoms with Crippen LogP contribution >= 0.6 is 0 Å². The van der Waals surface area contributed by atoms with Crippen LogP contribution in [0.5, 0.6) is 11.5 Å². The summed E-state index contributed by atoms with van der Waals surface area (Å²) >= 11 is 0. The number of fused-ring (bicyclic) bond motifs is 1. The molecule has 0 saturated heterocycles. The highest BCUT2D eigenvalue weighted by atomic mass is 16.6. The van der Waals surface area contributed by atoms with Crippen molar-refractivity contribution in [3.05, 3.63) is 76.3 Å². The number of hydrogen-bond acceptors (Lipinski definition) is 4. The Balaban J connectivity index is 1.74. The molecule has 0 atom stereocenters. The molecule has 5 heteroatoms. The number of hydrogen-bond donors (Lipinski definition) is 0. The van der Waals surface area contributed by atoms with Gasteiger partial charge in [-0.25, -0.2) is 0 Å². The third-order valence-corrected chi connectivity index (χ3v) is 3.57. The summed E-state index contributed by atoms with van der Waals surface area (Å²) in [6.45, 7) is 0.355. The van der Waals surface area contributed by atoms with E-state index in [0.29, 0.717) is 6.61 Å². The lowest BCUT2D eigenvalue weighted by atomic mass is 10.1. The van der Waals surface area contributed by atoms with Gasteiger partial charge >= 0.3 is 0 Å². The van der Waals surface area contributed by atoms with E-state index < -0.39 is 4.92 Å². The topological polar surface area (TPSA) is 61.6 Å². The van der Waals surface area contributed by atoms with Gasteiger partial charge in [0.2, 0.25) is 0 Å². The van der Waals surface area contributed by atoms with E-state index in [1.165, 1.54) is 12.1 Å². The van der Waals surface area contributed by atoms with Crippen molar-refractivity contribution in [2.75, 3.05) is 7.11 Å². The number of methoxy groups -OCH3 is 1. The molecule has 0 saturated carbocycles. The van der Waals surface area contributed by atoms with Crippen molar-refractivity contribution < 1.29 is 14.4 Å². The third kappa shape index (κ3) is 3.40. The molecular weight excluding hydrogens is 294 g/mol. The van der Waals surface area contributed by atoms with Gasteiger partial charge in [-0.15, -0.1) is 0 Å². The Morgan fingerprint density at radius 2 is 1.57 bits per heavy atom. The van der Waals surface area contributed by atoms with E-state index in [1.807, 2.05) is 36.4 Å². The summed E-state index contributed by atoms with van der Waals surface area (Å²) in [5.74, 6) is 1.54. The summed E-state index contributed by atoms with van der Waals surface area (Å²) in [7, 11) is 1.64. The molecule has 0 aliphatic carbocycles. The second-order valence-electron chi connectivity index (χ2n) is 5.09. The van der Waals surface area contributed by atoms with Crippen molar-refractivity contribution in [3.8, 4) is 11.5 Å². The molecule has 23 heavy (non-hydrogen) atoms. The smallest absolute Gasteiger partial charge is 0.269 e. The van der Waals surface area contributed by atoms with Crippen LogP contribution < -0.4 is 9.47 Å². The van der Waals surface area contributed by atoms with Gasteiger partial charge in [-0.1, -0.05) is 12.1 Å². The number of nitro benzene ring substituents is 1. The SMILES string of the molecule is COc1ccc2ccc(OCc3ccc([N+](=O)[O-])cc3)cc2c1. The van der Waals surface area contributed by atoms with Crippen molar-refractivity contribution in [1.82, 2.24) is 0 Å². The van der Waals surface area contributed by atoms with Crippen LogP contribution in [0, 0.1) is 10.1 Å². The molecule has 116 valence electrons. The average Bonchev–Trinajstić information content (AvgIpc) is 2.59. The zero-order chi connectivity index (χ0) is 16.2. The zero-order valence-electron chi connectivity index (χ0n) is 12.6. The molecular formula is C18H15NO4. The highest BCUT2D eigenvalue weighted by molar-refractivity contribution is 5.85. The predicted octanol–water partition coefficient (Wildman–Crippen LogP) is 4.34. The first-order valence-electron chi connectivity index (χ1n) is 7.09. The number of benzene rings is 3. The molecule has 0 amide bonds. The second kappa shape index (κ2) is 6.36. The Bertz CT molecular complexity index is 843. The molecule has 0 radical (unpaired) electrons. The molecule has 3 rings (SSSR count). The van der Waals surface area contributed by atoms with Crippen LogP contribution in [0.1, 0.15) is 5.56 Å². The fourth-order valence-corrected chi connectivity index (χ4v) is 2.30. The van der Waals surface area contributed by atoms with Gasteiger partial charge in [-0.2, -0.15) is 0 Å². The lowest BCUT2D eigenvalue weighted by Crippen LogP contribution is -1.96. The molecule has 0 bridgehead atoms. The maximum absolute atomic E-state index is 10.6. The average molecular weight is 309 g/mol. The van der Waals surface area contributed by atoms with Gasteiger partial charge < -0.3 is 9.47 Å². The van der Waals surface area contributed by atoms with E-state index in [-0.39, 0.29) is 5.69 Å². The summed E-state index contributed by atoms with van der Waals surface area (Å²) in [5, 5.41) is 12.8. The number of non-ortho nitro benzene ring substituents is 1. The molecule has 5 nitrogen and oxygen atoms in total. The molecule has 0 aromatic heterocycles. The molecule has 0 N–H and O–H groups in total. The Morgan fingerprint density at radius 3 is 2.22 bits per heavy atom. The van der Waals surface area contributed by atoms with Crippen molar-refractivity contribution >= 4 is 16.5 Å². The molecule has 0 aliphatic rings. The van der Waals surface area contributed by atoms with Crippen LogP contribution in [0.3, 0.4) is 0 Å². The van der Waals surface area contributed by atoms with Gasteiger partial charge in [0.1, 0.15) is 18.1 Å². The molecule has 0 heterocycles. The van der Waals surface area contributed by atoms with E-state index >= 15 is 0 Å². The highest BCUT2D eigenvalue weighted by Gasteiger charge is 2.05. The molecule has 0 unspecified atom stereocenters. The van der Waals surface area contributed by atoms with Gasteiger partial charge in [-0.05, 0) is 52.7 Å². The summed E-state index contributed by atoms with van der Waals surface area (Å²) in [5.41, 5.74) is 0.952. The Kier molecular flexibility index (Phi) is 4.10. The van der Waals surface area contributed by atoms with Crippen LogP contribution in [0.4, 0.5) is 5.69 Å². The maximum atomic E-state index is 10.6. The zero-order valence-corrected chi connectivity index (χ0v) is 12.6. The minimum absolute atomic E-state index is 0.0755. The van der Waals surface area contributed by atoms with Gasteiger partial charge in [0.15, 0.2) is 0 Å². The first-order chi connectivity index (χ1) is 11.2. The maximum Gasteiger partial charge on any atom is 0.269 e. The van der Waals surface area contributed by atoms with Crippen LogP contribution in [-0.2, 0) is 6.61 Å². The number of nitrogens with zero attached hydrogens (tertiary/aromatic N) is 1. The predicted molar refractivity (Wildman–Crippen MR) is 87.9 cm³/mol. The standard InChI is InChI=1S/C18H15NO4/c1-22-17-8-4-14-5-9-18(11-15(14)10-17)23-12-13-2-6-16(7-3-13)19(20)21/h2-11H,12H2,1H3. The Labute approximate surface area is 133 Å². The van der Waals surface area contributed by atoms with Crippen molar-refractivity contribution in [2.45, 2.75) is 6.61 Å². The number of ether oxygens (including phenoxy) is 2. The molecule has 3 aromatic carbocycles. The first kappa shape index (κ1) is 14.8. The summed E-state index contributed by atoms with van der Waals surface area (Å²) in [4.78, 5) is 10.2. The van der Waals surface area contributed by atoms with Crippen molar-refractivity contribution in [3.63, 3.8) is 0 Å². The van der Waals surface area contributed by atoms with Crippen LogP contribution in [0.15, 0.2) is 60.7 Å². The first-order valence-corrected chi connectivity index (χ1v) is 7.09. The van der Waals surface area contributed by atoms with Crippen LogP contribution in [-0.4, -0.2) is 12.0 Å². The minimum Gasteiger partial charge on any atom is -0.497 e. The number of nitro groups is 1. The second-order valence-corrected chi connectivity index (χ2v) is 5.09. The monoisotopic (exact) mass is 309 g/mol. The summed E-state index contributed by atoms with van der Waals surface area (Å²) in [6.07, 6.45) is 0. The van der Waals surface area contributed by atoms with E-state index in [2.05, 4.69) is 0 Å². The largest absolute Gasteiger partial charge is 0.497 e. The summed E-state index contributed by atoms with van der Waals surface area (Å²) in [6, 6.07) is 18.0. The highest BCUT2D eigenvalue weighted by Crippen LogP contribution is 2.25. The fraction of sp³-hybridized carbons (Fsp3) is 0.111. The molecule has 3 aromatic rings. The fourth-order valence-electron chi connectivity index (χ4n) is 2.30. The van der Waals surface area contributed by atoms with Crippen molar-refractivity contribution in [1.29, 1.82) is 0 Å².